The Hall–Kier alpha value is -3.54. The summed E-state index contributed by atoms with van der Waals surface area (Å²) in [5, 5.41) is 10.2. The van der Waals surface area contributed by atoms with E-state index >= 15 is 0 Å². The Kier molecular flexibility index (Phi) is 3.93. The summed E-state index contributed by atoms with van der Waals surface area (Å²) in [7, 11) is 3.30. The number of methoxy groups -OCH3 is 2. The van der Waals surface area contributed by atoms with E-state index in [9.17, 15) is 0 Å². The fraction of sp³-hybridized carbons (Fsp3) is 0.100. The lowest BCUT2D eigenvalue weighted by Crippen LogP contribution is -2.08. The number of benzene rings is 3. The van der Waals surface area contributed by atoms with E-state index in [0.29, 0.717) is 5.69 Å². The van der Waals surface area contributed by atoms with E-state index in [4.69, 9.17) is 15.2 Å². The molecule has 0 aromatic heterocycles. The summed E-state index contributed by atoms with van der Waals surface area (Å²) in [6.45, 7) is 0. The molecule has 0 bridgehead atoms. The lowest BCUT2D eigenvalue weighted by atomic mass is 10.1. The van der Waals surface area contributed by atoms with Crippen LogP contribution in [0.5, 0.6) is 11.5 Å². The van der Waals surface area contributed by atoms with E-state index in [1.54, 1.807) is 14.2 Å². The first-order valence-electron chi connectivity index (χ1n) is 8.23. The maximum Gasteiger partial charge on any atom is 0.121 e. The van der Waals surface area contributed by atoms with E-state index in [1.165, 1.54) is 0 Å². The molecule has 1 heterocycles. The minimum atomic E-state index is 0.653. The maximum absolute atomic E-state index is 6.24. The Morgan fingerprint density at radius 1 is 0.731 bits per heavy atom. The summed E-state index contributed by atoms with van der Waals surface area (Å²) >= 11 is 0. The van der Waals surface area contributed by atoms with Gasteiger partial charge < -0.3 is 31.2 Å². The number of hydrogen-bond donors (Lipinski definition) is 4. The normalized spacial score (nSPS) is 11.5. The Bertz CT molecular complexity index is 951. The summed E-state index contributed by atoms with van der Waals surface area (Å²) in [5.41, 5.74) is 12.5. The van der Waals surface area contributed by atoms with Gasteiger partial charge in [0.2, 0.25) is 0 Å². The van der Waals surface area contributed by atoms with E-state index in [1.807, 2.05) is 54.6 Å². The van der Waals surface area contributed by atoms with Crippen LogP contribution in [-0.4, -0.2) is 14.2 Å². The summed E-state index contributed by atoms with van der Waals surface area (Å²) < 4.78 is 10.5. The second-order valence-electron chi connectivity index (χ2n) is 6.00. The minimum Gasteiger partial charge on any atom is -0.497 e. The lowest BCUT2D eigenvalue weighted by molar-refractivity contribution is 0.415. The van der Waals surface area contributed by atoms with Crippen molar-refractivity contribution in [2.45, 2.75) is 0 Å². The number of fused-ring (bicyclic) bond motifs is 2. The van der Waals surface area contributed by atoms with Gasteiger partial charge in [0.1, 0.15) is 11.5 Å². The fourth-order valence-corrected chi connectivity index (χ4v) is 2.91. The van der Waals surface area contributed by atoms with Gasteiger partial charge in [0.05, 0.1) is 48.3 Å². The third-order valence-electron chi connectivity index (χ3n) is 4.32. The van der Waals surface area contributed by atoms with Crippen molar-refractivity contribution in [2.75, 3.05) is 35.9 Å². The standard InChI is InChI=1S/C20H20N4O2/c1-25-13-5-3-12(4-6-13)22-17-11-20-19(10-15(17)21)24-18-9-14(26-2)7-8-16(18)23-20/h3-11,22-24H,21H2,1-2H3. The number of ether oxygens (including phenoxy) is 2. The van der Waals surface area contributed by atoms with E-state index in [2.05, 4.69) is 16.0 Å². The second kappa shape index (κ2) is 6.40. The summed E-state index contributed by atoms with van der Waals surface area (Å²) in [5.74, 6) is 1.61. The highest BCUT2D eigenvalue weighted by Gasteiger charge is 2.17. The van der Waals surface area contributed by atoms with Gasteiger partial charge in [-0.25, -0.2) is 0 Å². The van der Waals surface area contributed by atoms with Crippen LogP contribution in [0.1, 0.15) is 0 Å². The topological polar surface area (TPSA) is 80.6 Å². The quantitative estimate of drug-likeness (QED) is 0.396. The predicted molar refractivity (Wildman–Crippen MR) is 107 cm³/mol. The molecule has 0 aliphatic carbocycles. The first-order chi connectivity index (χ1) is 12.7. The zero-order valence-corrected chi connectivity index (χ0v) is 14.6. The number of rotatable bonds is 4. The van der Waals surface area contributed by atoms with Gasteiger partial charge in [0.15, 0.2) is 0 Å². The number of hydrogen-bond acceptors (Lipinski definition) is 6. The lowest BCUT2D eigenvalue weighted by Gasteiger charge is -2.25. The maximum atomic E-state index is 6.24. The molecule has 0 spiro atoms. The molecule has 0 atom stereocenters. The molecule has 0 saturated heterocycles. The van der Waals surface area contributed by atoms with Gasteiger partial charge in [-0.05, 0) is 48.5 Å². The van der Waals surface area contributed by atoms with Gasteiger partial charge in [0.25, 0.3) is 0 Å². The molecule has 3 aromatic rings. The number of nitrogens with one attached hydrogen (secondary N) is 3. The second-order valence-corrected chi connectivity index (χ2v) is 6.00. The van der Waals surface area contributed by atoms with Crippen LogP contribution in [0.4, 0.5) is 39.8 Å². The third-order valence-corrected chi connectivity index (χ3v) is 4.32. The molecule has 3 aromatic carbocycles. The Labute approximate surface area is 151 Å². The van der Waals surface area contributed by atoms with Crippen LogP contribution in [0.25, 0.3) is 0 Å². The van der Waals surface area contributed by atoms with Crippen molar-refractivity contribution in [3.63, 3.8) is 0 Å². The Morgan fingerprint density at radius 2 is 1.35 bits per heavy atom. The van der Waals surface area contributed by atoms with Gasteiger partial charge >= 0.3 is 0 Å². The first-order valence-corrected chi connectivity index (χ1v) is 8.23. The van der Waals surface area contributed by atoms with Crippen LogP contribution in [0.3, 0.4) is 0 Å². The molecule has 0 fully saturated rings. The molecule has 5 N–H and O–H groups in total. The molecule has 0 amide bonds. The molecule has 0 unspecified atom stereocenters. The average Bonchev–Trinajstić information content (AvgIpc) is 2.67. The SMILES string of the molecule is COc1ccc(Nc2cc3c(cc2N)Nc2cc(OC)ccc2N3)cc1. The van der Waals surface area contributed by atoms with Crippen molar-refractivity contribution < 1.29 is 9.47 Å². The van der Waals surface area contributed by atoms with Crippen molar-refractivity contribution >= 4 is 39.8 Å². The zero-order valence-electron chi connectivity index (χ0n) is 14.6. The number of nitrogen functional groups attached to an aromatic ring is 1. The molecule has 26 heavy (non-hydrogen) atoms. The van der Waals surface area contributed by atoms with Crippen LogP contribution >= 0.6 is 0 Å². The number of anilines is 7. The van der Waals surface area contributed by atoms with Gasteiger partial charge in [-0.2, -0.15) is 0 Å². The Balaban J connectivity index is 1.62. The highest BCUT2D eigenvalue weighted by atomic mass is 16.5. The van der Waals surface area contributed by atoms with Crippen LogP contribution in [0.2, 0.25) is 0 Å². The van der Waals surface area contributed by atoms with Crippen molar-refractivity contribution in [3.05, 3.63) is 54.6 Å². The molecule has 132 valence electrons. The highest BCUT2D eigenvalue weighted by Crippen LogP contribution is 2.43. The van der Waals surface area contributed by atoms with Gasteiger partial charge in [-0.3, -0.25) is 0 Å². The van der Waals surface area contributed by atoms with Crippen molar-refractivity contribution in [1.82, 2.24) is 0 Å². The molecular weight excluding hydrogens is 328 g/mol. The molecule has 6 nitrogen and oxygen atoms in total. The average molecular weight is 348 g/mol. The summed E-state index contributed by atoms with van der Waals surface area (Å²) in [6, 6.07) is 17.5. The predicted octanol–water partition coefficient (Wildman–Crippen LogP) is 4.83. The van der Waals surface area contributed by atoms with Crippen LogP contribution in [0.15, 0.2) is 54.6 Å². The van der Waals surface area contributed by atoms with Crippen LogP contribution in [0, 0.1) is 0 Å². The van der Waals surface area contributed by atoms with Gasteiger partial charge in [-0.1, -0.05) is 0 Å². The molecule has 1 aliphatic heterocycles. The van der Waals surface area contributed by atoms with Crippen molar-refractivity contribution in [2.24, 2.45) is 0 Å². The number of nitrogens with two attached hydrogens (primary N) is 1. The molecule has 1 aliphatic rings. The van der Waals surface area contributed by atoms with Crippen LogP contribution in [-0.2, 0) is 0 Å². The van der Waals surface area contributed by atoms with E-state index < -0.39 is 0 Å². The van der Waals surface area contributed by atoms with Crippen molar-refractivity contribution in [1.29, 1.82) is 0 Å². The first kappa shape index (κ1) is 16.0. The molecule has 0 radical (unpaired) electrons. The molecular formula is C20H20N4O2. The largest absolute Gasteiger partial charge is 0.497 e. The van der Waals surface area contributed by atoms with E-state index in [-0.39, 0.29) is 0 Å². The van der Waals surface area contributed by atoms with Gasteiger partial charge in [-0.15, -0.1) is 0 Å². The van der Waals surface area contributed by atoms with E-state index in [0.717, 1.165) is 45.6 Å². The smallest absolute Gasteiger partial charge is 0.121 e. The summed E-state index contributed by atoms with van der Waals surface area (Å²) in [6.07, 6.45) is 0. The fourth-order valence-electron chi connectivity index (χ4n) is 2.91. The molecule has 4 rings (SSSR count). The zero-order chi connectivity index (χ0) is 18.1. The van der Waals surface area contributed by atoms with Gasteiger partial charge in [0, 0.05) is 11.8 Å². The van der Waals surface area contributed by atoms with Crippen LogP contribution < -0.4 is 31.2 Å². The highest BCUT2D eigenvalue weighted by molar-refractivity contribution is 5.95. The van der Waals surface area contributed by atoms with Crippen molar-refractivity contribution in [3.8, 4) is 11.5 Å². The minimum absolute atomic E-state index is 0.653. The molecule has 0 saturated carbocycles. The third kappa shape index (κ3) is 2.93. The molecule has 6 heteroatoms. The monoisotopic (exact) mass is 348 g/mol. The Morgan fingerprint density at radius 3 is 2.08 bits per heavy atom. The summed E-state index contributed by atoms with van der Waals surface area (Å²) in [4.78, 5) is 0.